The third-order valence-corrected chi connectivity index (χ3v) is 6.58. The molecule has 1 aliphatic heterocycles. The van der Waals surface area contributed by atoms with Gasteiger partial charge in [0, 0.05) is 35.1 Å². The average Bonchev–Trinajstić information content (AvgIpc) is 3.22. The van der Waals surface area contributed by atoms with Gasteiger partial charge in [0.05, 0.1) is 17.7 Å². The van der Waals surface area contributed by atoms with Crippen molar-refractivity contribution in [2.24, 2.45) is 11.3 Å². The van der Waals surface area contributed by atoms with E-state index in [0.29, 0.717) is 24.6 Å². The van der Waals surface area contributed by atoms with Crippen LogP contribution in [0.4, 0.5) is 4.79 Å². The predicted octanol–water partition coefficient (Wildman–Crippen LogP) is 2.60. The Balaban J connectivity index is 1.36. The van der Waals surface area contributed by atoms with E-state index in [0.717, 1.165) is 22.9 Å². The molecular weight excluding hydrogens is 298 g/mol. The number of hydrogen-bond donors (Lipinski definition) is 2. The molecule has 0 bridgehead atoms. The molecule has 1 saturated heterocycles. The highest BCUT2D eigenvalue weighted by Crippen LogP contribution is 2.60. The van der Waals surface area contributed by atoms with Crippen molar-refractivity contribution < 1.29 is 9.53 Å². The molecule has 0 radical (unpaired) electrons. The van der Waals surface area contributed by atoms with Crippen molar-refractivity contribution in [2.75, 3.05) is 6.61 Å². The van der Waals surface area contributed by atoms with Crippen molar-refractivity contribution in [3.63, 3.8) is 0 Å². The Hall–Kier alpha value is -1.14. The third kappa shape index (κ3) is 2.24. The van der Waals surface area contributed by atoms with Gasteiger partial charge >= 0.3 is 6.03 Å². The highest BCUT2D eigenvalue weighted by Gasteiger charge is 2.65. The van der Waals surface area contributed by atoms with Crippen LogP contribution in [-0.2, 0) is 11.3 Å². The fraction of sp³-hybridized carbons (Fsp3) is 0.750. The Bertz CT molecular complexity index is 567. The molecular formula is C16H23N3O2S. The maximum atomic E-state index is 12.3. The first kappa shape index (κ1) is 14.5. The number of thiazole rings is 1. The minimum absolute atomic E-state index is 0.0484. The number of aryl methyl sites for hydroxylation is 1. The van der Waals surface area contributed by atoms with E-state index in [9.17, 15) is 4.79 Å². The monoisotopic (exact) mass is 321 g/mol. The van der Waals surface area contributed by atoms with Crippen LogP contribution in [0.15, 0.2) is 6.20 Å². The molecule has 3 atom stereocenters. The van der Waals surface area contributed by atoms with Gasteiger partial charge in [0.1, 0.15) is 0 Å². The first-order valence-electron chi connectivity index (χ1n) is 8.26. The second-order valence-corrected chi connectivity index (χ2v) is 8.15. The number of aromatic nitrogens is 1. The van der Waals surface area contributed by atoms with Crippen LogP contribution >= 0.6 is 11.3 Å². The number of nitrogens with zero attached hydrogens (tertiary/aromatic N) is 1. The topological polar surface area (TPSA) is 63.2 Å². The van der Waals surface area contributed by atoms with Crippen molar-refractivity contribution in [3.8, 4) is 0 Å². The quantitative estimate of drug-likeness (QED) is 0.899. The maximum absolute atomic E-state index is 12.3. The standard InChI is InChI=1S/C16H23N3O2S/c1-10-17-8-11(22-10)9-18-15(20)19-13-12-4-7-21-14(12)16(13)5-2-3-6-16/h8,12-14H,2-7,9H2,1H3,(H2,18,19,20)/t12-,13-,14+/m1/s1. The highest BCUT2D eigenvalue weighted by atomic mass is 32.1. The van der Waals surface area contributed by atoms with Gasteiger partial charge < -0.3 is 15.4 Å². The molecule has 6 heteroatoms. The van der Waals surface area contributed by atoms with Gasteiger partial charge in [0.15, 0.2) is 0 Å². The Morgan fingerprint density at radius 3 is 3.05 bits per heavy atom. The summed E-state index contributed by atoms with van der Waals surface area (Å²) >= 11 is 1.63. The number of carbonyl (C=O) groups excluding carboxylic acids is 1. The van der Waals surface area contributed by atoms with Gasteiger partial charge in [-0.05, 0) is 26.2 Å². The van der Waals surface area contributed by atoms with Gasteiger partial charge in [-0.2, -0.15) is 0 Å². The number of nitrogens with one attached hydrogen (secondary N) is 2. The summed E-state index contributed by atoms with van der Waals surface area (Å²) in [5, 5.41) is 7.26. The van der Waals surface area contributed by atoms with Crippen LogP contribution in [0.5, 0.6) is 0 Å². The van der Waals surface area contributed by atoms with Gasteiger partial charge in [-0.25, -0.2) is 9.78 Å². The lowest BCUT2D eigenvalue weighted by Crippen LogP contribution is -2.69. The van der Waals surface area contributed by atoms with Crippen LogP contribution in [0.2, 0.25) is 0 Å². The molecule has 2 aliphatic carbocycles. The van der Waals surface area contributed by atoms with Crippen LogP contribution < -0.4 is 10.6 Å². The summed E-state index contributed by atoms with van der Waals surface area (Å²) in [6, 6.07) is 0.248. The van der Waals surface area contributed by atoms with Crippen molar-refractivity contribution in [2.45, 2.75) is 57.7 Å². The summed E-state index contributed by atoms with van der Waals surface area (Å²) in [4.78, 5) is 17.6. The van der Waals surface area contributed by atoms with E-state index >= 15 is 0 Å². The molecule has 4 rings (SSSR count). The Labute approximate surface area is 134 Å². The summed E-state index contributed by atoms with van der Waals surface area (Å²) in [5.74, 6) is 0.523. The number of amides is 2. The van der Waals surface area contributed by atoms with Crippen molar-refractivity contribution in [1.82, 2.24) is 15.6 Å². The van der Waals surface area contributed by atoms with Crippen molar-refractivity contribution in [1.29, 1.82) is 0 Å². The fourth-order valence-corrected chi connectivity index (χ4v) is 5.49. The molecule has 1 spiro atoms. The molecule has 0 aromatic carbocycles. The Morgan fingerprint density at radius 1 is 1.50 bits per heavy atom. The number of rotatable bonds is 3. The number of ether oxygens (including phenoxy) is 1. The van der Waals surface area contributed by atoms with Gasteiger partial charge in [-0.3, -0.25) is 0 Å². The number of urea groups is 1. The molecule has 2 N–H and O–H groups in total. The van der Waals surface area contributed by atoms with Crippen molar-refractivity contribution >= 4 is 17.4 Å². The summed E-state index contributed by atoms with van der Waals surface area (Å²) in [7, 11) is 0. The first-order chi connectivity index (χ1) is 10.7. The van der Waals surface area contributed by atoms with Gasteiger partial charge in [-0.15, -0.1) is 11.3 Å². The molecule has 3 fully saturated rings. The minimum Gasteiger partial charge on any atom is -0.377 e. The Morgan fingerprint density at radius 2 is 2.32 bits per heavy atom. The number of hydrogen-bond acceptors (Lipinski definition) is 4. The molecule has 2 saturated carbocycles. The predicted molar refractivity (Wildman–Crippen MR) is 84.8 cm³/mol. The zero-order chi connectivity index (χ0) is 15.2. The molecule has 1 aromatic heterocycles. The zero-order valence-electron chi connectivity index (χ0n) is 12.9. The van der Waals surface area contributed by atoms with Gasteiger partial charge in [0.2, 0.25) is 0 Å². The van der Waals surface area contributed by atoms with Crippen LogP contribution in [0.1, 0.15) is 42.0 Å². The molecule has 2 heterocycles. The van der Waals surface area contributed by atoms with Gasteiger partial charge in [-0.1, -0.05) is 12.8 Å². The zero-order valence-corrected chi connectivity index (χ0v) is 13.7. The summed E-state index contributed by atoms with van der Waals surface area (Å²) in [5.41, 5.74) is 0.222. The minimum atomic E-state index is -0.0484. The van der Waals surface area contributed by atoms with Crippen LogP contribution in [0, 0.1) is 18.3 Å². The third-order valence-electron chi connectivity index (χ3n) is 5.67. The lowest BCUT2D eigenvalue weighted by molar-refractivity contribution is -0.126. The van der Waals surface area contributed by atoms with Crippen molar-refractivity contribution in [3.05, 3.63) is 16.1 Å². The van der Waals surface area contributed by atoms with Gasteiger partial charge in [0.25, 0.3) is 0 Å². The first-order valence-corrected chi connectivity index (χ1v) is 9.08. The number of fused-ring (bicyclic) bond motifs is 2. The molecule has 120 valence electrons. The van der Waals surface area contributed by atoms with E-state index in [1.165, 1.54) is 25.7 Å². The van der Waals surface area contributed by atoms with Crippen LogP contribution in [0.3, 0.4) is 0 Å². The highest BCUT2D eigenvalue weighted by molar-refractivity contribution is 7.11. The smallest absolute Gasteiger partial charge is 0.315 e. The van der Waals surface area contributed by atoms with E-state index in [4.69, 9.17) is 4.74 Å². The Kier molecular flexibility index (Phi) is 3.61. The molecule has 22 heavy (non-hydrogen) atoms. The van der Waals surface area contributed by atoms with E-state index < -0.39 is 0 Å². The van der Waals surface area contributed by atoms with E-state index in [2.05, 4.69) is 15.6 Å². The lowest BCUT2D eigenvalue weighted by Gasteiger charge is -2.56. The molecule has 2 amide bonds. The second-order valence-electron chi connectivity index (χ2n) is 6.83. The molecule has 0 unspecified atom stereocenters. The molecule has 1 aromatic rings. The fourth-order valence-electron chi connectivity index (χ4n) is 4.75. The van der Waals surface area contributed by atoms with E-state index in [1.807, 2.05) is 13.1 Å². The summed E-state index contributed by atoms with van der Waals surface area (Å²) in [6.45, 7) is 3.39. The largest absolute Gasteiger partial charge is 0.377 e. The molecule has 5 nitrogen and oxygen atoms in total. The summed E-state index contributed by atoms with van der Waals surface area (Å²) in [6.07, 6.45) is 8.26. The lowest BCUT2D eigenvalue weighted by atomic mass is 9.54. The number of carbonyl (C=O) groups is 1. The van der Waals surface area contributed by atoms with Crippen LogP contribution in [-0.4, -0.2) is 29.8 Å². The maximum Gasteiger partial charge on any atom is 0.315 e. The summed E-state index contributed by atoms with van der Waals surface area (Å²) < 4.78 is 5.96. The average molecular weight is 321 g/mol. The normalized spacial score (nSPS) is 31.8. The SMILES string of the molecule is Cc1ncc(CNC(=O)N[C@@H]2[C@H]3CCO[C@@H]3C23CCCC3)s1. The van der Waals surface area contributed by atoms with Crippen LogP contribution in [0.25, 0.3) is 0 Å². The molecule has 3 aliphatic rings. The second kappa shape index (κ2) is 5.49. The van der Waals surface area contributed by atoms with E-state index in [1.54, 1.807) is 11.3 Å². The van der Waals surface area contributed by atoms with E-state index in [-0.39, 0.29) is 11.4 Å².